The van der Waals surface area contributed by atoms with Crippen LogP contribution in [-0.4, -0.2) is 71.1 Å². The molecule has 2 amide bonds. The second-order valence-corrected chi connectivity index (χ2v) is 10.6. The van der Waals surface area contributed by atoms with E-state index in [0.717, 1.165) is 55.1 Å². The van der Waals surface area contributed by atoms with Crippen LogP contribution in [0.15, 0.2) is 85.2 Å². The maximum atomic E-state index is 12.6. The molecule has 10 nitrogen and oxygen atoms in total. The lowest BCUT2D eigenvalue weighted by Crippen LogP contribution is -2.37. The van der Waals surface area contributed by atoms with Gasteiger partial charge >= 0.3 is 0 Å². The van der Waals surface area contributed by atoms with E-state index >= 15 is 0 Å². The summed E-state index contributed by atoms with van der Waals surface area (Å²) in [6.07, 6.45) is 3.77. The summed E-state index contributed by atoms with van der Waals surface area (Å²) in [6, 6.07) is 22.2. The molecule has 2 aromatic heterocycles. The van der Waals surface area contributed by atoms with Gasteiger partial charge in [-0.15, -0.1) is 0 Å². The average Bonchev–Trinajstić information content (AvgIpc) is 3.04. The molecule has 1 aliphatic rings. The predicted octanol–water partition coefficient (Wildman–Crippen LogP) is 5.52. The Bertz CT molecular complexity index is 1670. The molecule has 232 valence electrons. The quantitative estimate of drug-likeness (QED) is 0.238. The Kier molecular flexibility index (Phi) is 11.8. The van der Waals surface area contributed by atoms with E-state index in [0.29, 0.717) is 29.2 Å². The number of pyridine rings is 2. The van der Waals surface area contributed by atoms with Crippen LogP contribution in [0.25, 0.3) is 22.3 Å². The van der Waals surface area contributed by atoms with Crippen molar-refractivity contribution >= 4 is 35.0 Å². The minimum atomic E-state index is -0.165. The average molecular weight is 608 g/mol. The summed E-state index contributed by atoms with van der Waals surface area (Å²) in [5.74, 6) is 0.827. The van der Waals surface area contributed by atoms with Gasteiger partial charge in [-0.05, 0) is 65.6 Å². The molecule has 5 rings (SSSR count). The van der Waals surface area contributed by atoms with E-state index in [-0.39, 0.29) is 23.4 Å². The van der Waals surface area contributed by atoms with Gasteiger partial charge in [0.25, 0.3) is 0 Å². The lowest BCUT2D eigenvalue weighted by atomic mass is 10.0. The first-order valence-electron chi connectivity index (χ1n) is 14.7. The number of amides is 2. The number of aromatic nitrogens is 2. The highest BCUT2D eigenvalue weighted by Gasteiger charge is 2.14. The number of morpholine rings is 1. The summed E-state index contributed by atoms with van der Waals surface area (Å²) in [5, 5.41) is 5.31. The van der Waals surface area contributed by atoms with Gasteiger partial charge in [-0.25, -0.2) is 9.97 Å². The van der Waals surface area contributed by atoms with Crippen LogP contribution in [0.2, 0.25) is 0 Å². The van der Waals surface area contributed by atoms with Gasteiger partial charge in [0.1, 0.15) is 11.6 Å². The molecule has 0 atom stereocenters. The molecule has 0 spiro atoms. The first-order chi connectivity index (χ1) is 21.7. The number of Topliss-reactive ketones (excluding diaryl/α,β-unsaturated/α-hetero) is 2. The van der Waals surface area contributed by atoms with Gasteiger partial charge < -0.3 is 15.4 Å². The molecule has 1 saturated heterocycles. The monoisotopic (exact) mass is 607 g/mol. The molecule has 1 aliphatic heterocycles. The second kappa shape index (κ2) is 16.1. The van der Waals surface area contributed by atoms with E-state index < -0.39 is 0 Å². The Morgan fingerprint density at radius 1 is 0.689 bits per heavy atom. The fourth-order valence-corrected chi connectivity index (χ4v) is 4.74. The Hall–Kier alpha value is -5.06. The molecule has 2 N–H and O–H groups in total. The number of rotatable bonds is 9. The Morgan fingerprint density at radius 2 is 1.18 bits per heavy atom. The number of hydrogen-bond donors (Lipinski definition) is 2. The summed E-state index contributed by atoms with van der Waals surface area (Å²) in [6.45, 7) is 8.42. The van der Waals surface area contributed by atoms with Crippen molar-refractivity contribution in [1.82, 2.24) is 14.9 Å². The van der Waals surface area contributed by atoms with E-state index in [4.69, 9.17) is 4.74 Å². The summed E-state index contributed by atoms with van der Waals surface area (Å²) in [7, 11) is 0. The number of benzene rings is 2. The van der Waals surface area contributed by atoms with Crippen LogP contribution < -0.4 is 10.6 Å². The molecule has 1 fully saturated rings. The molecule has 45 heavy (non-hydrogen) atoms. The molecule has 10 heteroatoms. The molecular formula is C35H37N5O5. The van der Waals surface area contributed by atoms with Crippen molar-refractivity contribution in [3.8, 4) is 22.3 Å². The van der Waals surface area contributed by atoms with Crippen molar-refractivity contribution in [1.29, 1.82) is 0 Å². The van der Waals surface area contributed by atoms with E-state index in [1.165, 1.54) is 20.8 Å². The molecule has 0 unspecified atom stereocenters. The number of ketones is 2. The number of anilines is 2. The Morgan fingerprint density at radius 3 is 1.69 bits per heavy atom. The molecule has 4 aromatic rings. The minimum Gasteiger partial charge on any atom is -0.379 e. The van der Waals surface area contributed by atoms with Crippen molar-refractivity contribution in [2.24, 2.45) is 0 Å². The summed E-state index contributed by atoms with van der Waals surface area (Å²) in [4.78, 5) is 56.6. The van der Waals surface area contributed by atoms with Gasteiger partial charge in [0, 0.05) is 63.4 Å². The number of carbonyl (C=O) groups excluding carboxylic acids is 4. The third kappa shape index (κ3) is 10.3. The van der Waals surface area contributed by atoms with Crippen LogP contribution in [0.4, 0.5) is 11.6 Å². The van der Waals surface area contributed by atoms with Gasteiger partial charge in [0.2, 0.25) is 11.8 Å². The van der Waals surface area contributed by atoms with Crippen LogP contribution in [0.5, 0.6) is 0 Å². The Labute approximate surface area is 262 Å². The highest BCUT2D eigenvalue weighted by molar-refractivity contribution is 5.97. The minimum absolute atomic E-state index is 0.0259. The lowest BCUT2D eigenvalue weighted by Gasteiger charge is -2.26. The molecule has 2 aromatic carbocycles. The lowest BCUT2D eigenvalue weighted by molar-refractivity contribution is -0.115. The summed E-state index contributed by atoms with van der Waals surface area (Å²) in [5.41, 5.74) is 5.02. The third-order valence-corrected chi connectivity index (χ3v) is 7.01. The first-order valence-corrected chi connectivity index (χ1v) is 14.7. The summed E-state index contributed by atoms with van der Waals surface area (Å²) >= 11 is 0. The SMILES string of the molecule is CC(=O)Nc1cc(-c2cccc(C(=O)CCN3CCOCC3)c2)ccn1.CC(=O)Nc1cc(-c2cccc(C(C)=O)c2)ccn1. The largest absolute Gasteiger partial charge is 0.379 e. The highest BCUT2D eigenvalue weighted by atomic mass is 16.5. The molecule has 0 saturated carbocycles. The summed E-state index contributed by atoms with van der Waals surface area (Å²) < 4.78 is 5.33. The van der Waals surface area contributed by atoms with Crippen LogP contribution in [-0.2, 0) is 14.3 Å². The maximum Gasteiger partial charge on any atom is 0.222 e. The third-order valence-electron chi connectivity index (χ3n) is 7.01. The predicted molar refractivity (Wildman–Crippen MR) is 174 cm³/mol. The van der Waals surface area contributed by atoms with Gasteiger partial charge in [-0.3, -0.25) is 24.1 Å². The molecule has 0 aliphatic carbocycles. The number of carbonyl (C=O) groups is 4. The second-order valence-electron chi connectivity index (χ2n) is 10.6. The number of nitrogens with zero attached hydrogens (tertiary/aromatic N) is 3. The fourth-order valence-electron chi connectivity index (χ4n) is 4.74. The number of nitrogens with one attached hydrogen (secondary N) is 2. The maximum absolute atomic E-state index is 12.6. The normalized spacial score (nSPS) is 12.8. The fraction of sp³-hybridized carbons (Fsp3) is 0.257. The molecular weight excluding hydrogens is 570 g/mol. The topological polar surface area (TPSA) is 131 Å². The van der Waals surface area contributed by atoms with Gasteiger partial charge in [-0.2, -0.15) is 0 Å². The zero-order valence-electron chi connectivity index (χ0n) is 25.7. The number of ether oxygens (including phenoxy) is 1. The van der Waals surface area contributed by atoms with Crippen LogP contribution in [0.3, 0.4) is 0 Å². The van der Waals surface area contributed by atoms with Crippen molar-refractivity contribution in [3.63, 3.8) is 0 Å². The van der Waals surface area contributed by atoms with E-state index in [1.807, 2.05) is 54.6 Å². The van der Waals surface area contributed by atoms with Gasteiger partial charge in [-0.1, -0.05) is 36.4 Å². The number of hydrogen-bond acceptors (Lipinski definition) is 8. The van der Waals surface area contributed by atoms with Gasteiger partial charge in [0.05, 0.1) is 13.2 Å². The van der Waals surface area contributed by atoms with Crippen molar-refractivity contribution < 1.29 is 23.9 Å². The van der Waals surface area contributed by atoms with Gasteiger partial charge in [0.15, 0.2) is 11.6 Å². The van der Waals surface area contributed by atoms with E-state index in [9.17, 15) is 19.2 Å². The first kappa shape index (κ1) is 32.8. The smallest absolute Gasteiger partial charge is 0.222 e. The standard InChI is InChI=1S/C20H23N3O3.C15H14N2O2/c1-15(24)22-20-14-17(5-7-21-20)16-3-2-4-18(13-16)19(25)6-8-23-9-11-26-12-10-23;1-10(18)12-4-3-5-13(8-12)14-6-7-16-15(9-14)17-11(2)19/h2-5,7,13-14H,6,8-12H2,1H3,(H,21,22,24);3-9H,1-2H3,(H,16,17,19). The van der Waals surface area contributed by atoms with E-state index in [1.54, 1.807) is 30.6 Å². The van der Waals surface area contributed by atoms with Crippen LogP contribution in [0, 0.1) is 0 Å². The Balaban J connectivity index is 0.000000215. The van der Waals surface area contributed by atoms with Crippen LogP contribution >= 0.6 is 0 Å². The van der Waals surface area contributed by atoms with Crippen molar-refractivity contribution in [2.75, 3.05) is 43.5 Å². The molecule has 0 bridgehead atoms. The van der Waals surface area contributed by atoms with Crippen LogP contribution in [0.1, 0.15) is 47.9 Å². The van der Waals surface area contributed by atoms with Crippen molar-refractivity contribution in [3.05, 3.63) is 96.3 Å². The zero-order valence-corrected chi connectivity index (χ0v) is 25.7. The van der Waals surface area contributed by atoms with Crippen molar-refractivity contribution in [2.45, 2.75) is 27.2 Å². The highest BCUT2D eigenvalue weighted by Crippen LogP contribution is 2.24. The molecule has 0 radical (unpaired) electrons. The molecule has 3 heterocycles. The van der Waals surface area contributed by atoms with E-state index in [2.05, 4.69) is 25.5 Å². The zero-order chi connectivity index (χ0) is 32.2.